The summed E-state index contributed by atoms with van der Waals surface area (Å²) in [6.45, 7) is 8.40. The Morgan fingerprint density at radius 2 is 2.12 bits per heavy atom. The first-order valence-electron chi connectivity index (χ1n) is 4.96. The highest BCUT2D eigenvalue weighted by molar-refractivity contribution is 5.87. The van der Waals surface area contributed by atoms with Crippen molar-refractivity contribution in [2.45, 2.75) is 13.5 Å². The Kier molecular flexibility index (Phi) is 3.93. The van der Waals surface area contributed by atoms with Crippen LogP contribution >= 0.6 is 0 Å². The number of phenolic OH excluding ortho intramolecular Hbond substituents is 2. The fourth-order valence-electron chi connectivity index (χ4n) is 1.24. The van der Waals surface area contributed by atoms with Crippen LogP contribution in [0.4, 0.5) is 0 Å². The zero-order valence-corrected chi connectivity index (χ0v) is 9.56. The quantitative estimate of drug-likeness (QED) is 0.477. The van der Waals surface area contributed by atoms with E-state index in [2.05, 4.69) is 13.2 Å². The van der Waals surface area contributed by atoms with E-state index in [4.69, 9.17) is 4.74 Å². The lowest BCUT2D eigenvalue weighted by molar-refractivity contribution is -0.140. The lowest BCUT2D eigenvalue weighted by atomic mass is 10.1. The van der Waals surface area contributed by atoms with E-state index in [1.54, 1.807) is 6.07 Å². The van der Waals surface area contributed by atoms with Gasteiger partial charge in [-0.15, -0.1) is 0 Å². The van der Waals surface area contributed by atoms with Crippen molar-refractivity contribution in [1.29, 1.82) is 0 Å². The van der Waals surface area contributed by atoms with Gasteiger partial charge >= 0.3 is 5.97 Å². The van der Waals surface area contributed by atoms with Crippen LogP contribution in [0.1, 0.15) is 18.1 Å². The van der Waals surface area contributed by atoms with Gasteiger partial charge in [-0.3, -0.25) is 0 Å². The van der Waals surface area contributed by atoms with Gasteiger partial charge in [0.05, 0.1) is 0 Å². The van der Waals surface area contributed by atoms with Gasteiger partial charge in [0.15, 0.2) is 11.5 Å². The van der Waals surface area contributed by atoms with Gasteiger partial charge in [0.25, 0.3) is 0 Å². The summed E-state index contributed by atoms with van der Waals surface area (Å²) in [5.74, 6) is -1.13. The second-order valence-corrected chi connectivity index (χ2v) is 3.56. The number of rotatable bonds is 4. The Morgan fingerprint density at radius 3 is 2.65 bits per heavy atom. The third-order valence-electron chi connectivity index (χ3n) is 2.21. The molecule has 1 rings (SSSR count). The van der Waals surface area contributed by atoms with Crippen molar-refractivity contribution < 1.29 is 19.7 Å². The number of phenols is 2. The first kappa shape index (κ1) is 12.8. The van der Waals surface area contributed by atoms with Crippen molar-refractivity contribution in [1.82, 2.24) is 0 Å². The molecule has 4 nitrogen and oxygen atoms in total. The molecule has 0 aliphatic rings. The van der Waals surface area contributed by atoms with E-state index in [0.717, 1.165) is 0 Å². The standard InChI is InChI=1S/C13H14O4/c1-4-9-5-6-11(14)12(15)10(9)7-17-13(16)8(2)3/h4-6,14-15H,1-2,7H2,3H3. The van der Waals surface area contributed by atoms with Gasteiger partial charge in [-0.05, 0) is 18.6 Å². The molecule has 2 N–H and O–H groups in total. The van der Waals surface area contributed by atoms with Crippen molar-refractivity contribution in [2.75, 3.05) is 0 Å². The summed E-state index contributed by atoms with van der Waals surface area (Å²) < 4.78 is 4.91. The fourth-order valence-corrected chi connectivity index (χ4v) is 1.24. The molecule has 1 aromatic carbocycles. The first-order valence-corrected chi connectivity index (χ1v) is 4.96. The van der Waals surface area contributed by atoms with E-state index in [0.29, 0.717) is 11.1 Å². The van der Waals surface area contributed by atoms with E-state index >= 15 is 0 Å². The molecule has 0 fully saturated rings. The van der Waals surface area contributed by atoms with Crippen LogP contribution in [0.5, 0.6) is 11.5 Å². The molecule has 0 amide bonds. The lowest BCUT2D eigenvalue weighted by Gasteiger charge is -2.10. The largest absolute Gasteiger partial charge is 0.504 e. The molecule has 0 bridgehead atoms. The number of ether oxygens (including phenoxy) is 1. The average molecular weight is 234 g/mol. The molecule has 0 atom stereocenters. The molecule has 90 valence electrons. The molecule has 4 heteroatoms. The highest BCUT2D eigenvalue weighted by Gasteiger charge is 2.13. The van der Waals surface area contributed by atoms with Crippen LogP contribution in [0.15, 0.2) is 30.9 Å². The van der Waals surface area contributed by atoms with Crippen molar-refractivity contribution in [3.8, 4) is 11.5 Å². The molecule has 0 aliphatic carbocycles. The summed E-state index contributed by atoms with van der Waals surface area (Å²) in [6, 6.07) is 2.92. The number of carbonyl (C=O) groups excluding carboxylic acids is 1. The van der Waals surface area contributed by atoms with Crippen LogP contribution in [-0.2, 0) is 16.1 Å². The second-order valence-electron chi connectivity index (χ2n) is 3.56. The summed E-state index contributed by atoms with van der Waals surface area (Å²) in [4.78, 5) is 11.2. The minimum absolute atomic E-state index is 0.146. The minimum Gasteiger partial charge on any atom is -0.504 e. The van der Waals surface area contributed by atoms with Crippen LogP contribution in [0.25, 0.3) is 6.08 Å². The molecule has 0 radical (unpaired) electrons. The third-order valence-corrected chi connectivity index (χ3v) is 2.21. The van der Waals surface area contributed by atoms with Crippen molar-refractivity contribution in [3.05, 3.63) is 42.0 Å². The molecular weight excluding hydrogens is 220 g/mol. The van der Waals surface area contributed by atoms with Gasteiger partial charge in [0.2, 0.25) is 0 Å². The lowest BCUT2D eigenvalue weighted by Crippen LogP contribution is -2.06. The molecule has 0 aliphatic heterocycles. The predicted molar refractivity (Wildman–Crippen MR) is 64.5 cm³/mol. The summed E-state index contributed by atoms with van der Waals surface area (Å²) >= 11 is 0. The Balaban J connectivity index is 2.97. The number of esters is 1. The van der Waals surface area contributed by atoms with Gasteiger partial charge in [-0.1, -0.05) is 25.3 Å². The number of carbonyl (C=O) groups is 1. The fraction of sp³-hybridized carbons (Fsp3) is 0.154. The Hall–Kier alpha value is -2.23. The molecular formula is C13H14O4. The predicted octanol–water partition coefficient (Wildman–Crippen LogP) is 2.36. The second kappa shape index (κ2) is 5.21. The maximum atomic E-state index is 11.2. The first-order chi connectivity index (χ1) is 7.97. The van der Waals surface area contributed by atoms with Gasteiger partial charge < -0.3 is 14.9 Å². The molecule has 0 spiro atoms. The van der Waals surface area contributed by atoms with E-state index in [-0.39, 0.29) is 23.7 Å². The van der Waals surface area contributed by atoms with E-state index < -0.39 is 5.97 Å². The van der Waals surface area contributed by atoms with Crippen molar-refractivity contribution in [3.63, 3.8) is 0 Å². The molecule has 17 heavy (non-hydrogen) atoms. The minimum atomic E-state index is -0.553. The van der Waals surface area contributed by atoms with Crippen LogP contribution in [0.3, 0.4) is 0 Å². The van der Waals surface area contributed by atoms with Gasteiger partial charge in [0.1, 0.15) is 6.61 Å². The number of aromatic hydroxyl groups is 2. The summed E-state index contributed by atoms with van der Waals surface area (Å²) in [5, 5.41) is 19.0. The van der Waals surface area contributed by atoms with Crippen LogP contribution in [-0.4, -0.2) is 16.2 Å². The van der Waals surface area contributed by atoms with Crippen molar-refractivity contribution in [2.24, 2.45) is 0 Å². The van der Waals surface area contributed by atoms with Gasteiger partial charge in [0, 0.05) is 11.1 Å². The van der Waals surface area contributed by atoms with Crippen LogP contribution in [0, 0.1) is 0 Å². The Labute approximate surface area is 99.5 Å². The van der Waals surface area contributed by atoms with E-state index in [9.17, 15) is 15.0 Å². The average Bonchev–Trinajstić information content (AvgIpc) is 2.30. The summed E-state index contributed by atoms with van der Waals surface area (Å²) in [7, 11) is 0. The zero-order chi connectivity index (χ0) is 13.0. The smallest absolute Gasteiger partial charge is 0.333 e. The molecule has 0 heterocycles. The summed E-state index contributed by atoms with van der Waals surface area (Å²) in [6.07, 6.45) is 1.50. The maximum absolute atomic E-state index is 11.2. The maximum Gasteiger partial charge on any atom is 0.333 e. The van der Waals surface area contributed by atoms with E-state index in [1.165, 1.54) is 19.1 Å². The number of benzene rings is 1. The molecule has 0 unspecified atom stereocenters. The normalized spacial score (nSPS) is 9.71. The van der Waals surface area contributed by atoms with Crippen LogP contribution in [0.2, 0.25) is 0 Å². The molecule has 0 saturated carbocycles. The SMILES string of the molecule is C=Cc1ccc(O)c(O)c1COC(=O)C(=C)C. The highest BCUT2D eigenvalue weighted by Crippen LogP contribution is 2.32. The summed E-state index contributed by atoms with van der Waals surface area (Å²) in [5.41, 5.74) is 1.18. The van der Waals surface area contributed by atoms with Crippen molar-refractivity contribution >= 4 is 12.0 Å². The number of hydrogen-bond donors (Lipinski definition) is 2. The Bertz CT molecular complexity index is 475. The Morgan fingerprint density at radius 1 is 1.47 bits per heavy atom. The van der Waals surface area contributed by atoms with Gasteiger partial charge in [-0.25, -0.2) is 4.79 Å². The topological polar surface area (TPSA) is 66.8 Å². The molecule has 0 saturated heterocycles. The van der Waals surface area contributed by atoms with Crippen LogP contribution < -0.4 is 0 Å². The molecule has 1 aromatic rings. The monoisotopic (exact) mass is 234 g/mol. The third kappa shape index (κ3) is 2.87. The van der Waals surface area contributed by atoms with E-state index in [1.807, 2.05) is 0 Å². The molecule has 0 aromatic heterocycles. The number of hydrogen-bond acceptors (Lipinski definition) is 4. The highest BCUT2D eigenvalue weighted by atomic mass is 16.5. The van der Waals surface area contributed by atoms with Gasteiger partial charge in [-0.2, -0.15) is 0 Å². The zero-order valence-electron chi connectivity index (χ0n) is 9.56.